The van der Waals surface area contributed by atoms with Crippen LogP contribution in [0.15, 0.2) is 30.3 Å². The summed E-state index contributed by atoms with van der Waals surface area (Å²) in [4.78, 5) is 0. The van der Waals surface area contributed by atoms with Crippen molar-refractivity contribution in [3.8, 4) is 28.4 Å². The monoisotopic (exact) mass is 230 g/mol. The summed E-state index contributed by atoms with van der Waals surface area (Å²) in [7, 11) is 0. The Morgan fingerprint density at radius 2 is 1.47 bits per heavy atom. The van der Waals surface area contributed by atoms with Crippen LogP contribution in [0.3, 0.4) is 0 Å². The molecule has 3 N–H and O–H groups in total. The van der Waals surface area contributed by atoms with E-state index < -0.39 is 0 Å². The summed E-state index contributed by atoms with van der Waals surface area (Å²) in [6, 6.07) is 8.81. The predicted molar refractivity (Wildman–Crippen MR) is 66.3 cm³/mol. The Balaban J connectivity index is 2.77. The molecule has 0 saturated carbocycles. The Labute approximate surface area is 99.6 Å². The van der Waals surface area contributed by atoms with Crippen molar-refractivity contribution in [2.24, 2.45) is 0 Å². The zero-order valence-corrected chi connectivity index (χ0v) is 9.73. The number of phenols is 3. The molecule has 0 heterocycles. The topological polar surface area (TPSA) is 60.7 Å². The Hall–Kier alpha value is -2.16. The van der Waals surface area contributed by atoms with E-state index in [9.17, 15) is 15.3 Å². The van der Waals surface area contributed by atoms with E-state index in [-0.39, 0.29) is 22.8 Å². The summed E-state index contributed by atoms with van der Waals surface area (Å²) in [6.45, 7) is 3.50. The Bertz CT molecular complexity index is 574. The second-order valence-corrected chi connectivity index (χ2v) is 4.10. The Kier molecular flexibility index (Phi) is 2.68. The molecule has 0 unspecified atom stereocenters. The fourth-order valence-corrected chi connectivity index (χ4v) is 1.89. The van der Waals surface area contributed by atoms with Gasteiger partial charge in [0.1, 0.15) is 5.75 Å². The van der Waals surface area contributed by atoms with Crippen molar-refractivity contribution < 1.29 is 15.3 Å². The van der Waals surface area contributed by atoms with Gasteiger partial charge in [-0.05, 0) is 36.6 Å². The predicted octanol–water partition coefficient (Wildman–Crippen LogP) is 3.09. The SMILES string of the molecule is Cc1ccccc1-c1c(O)cc(C)c(O)c1O. The lowest BCUT2D eigenvalue weighted by Crippen LogP contribution is -1.87. The van der Waals surface area contributed by atoms with Gasteiger partial charge in [-0.25, -0.2) is 0 Å². The molecule has 2 aromatic carbocycles. The van der Waals surface area contributed by atoms with Crippen LogP contribution < -0.4 is 0 Å². The smallest absolute Gasteiger partial charge is 0.169 e. The fraction of sp³-hybridized carbons (Fsp3) is 0.143. The third-order valence-electron chi connectivity index (χ3n) is 2.86. The van der Waals surface area contributed by atoms with Gasteiger partial charge in [0.05, 0.1) is 5.56 Å². The van der Waals surface area contributed by atoms with Crippen LogP contribution >= 0.6 is 0 Å². The summed E-state index contributed by atoms with van der Waals surface area (Å²) in [6.07, 6.45) is 0. The van der Waals surface area contributed by atoms with Crippen LogP contribution in [0.25, 0.3) is 11.1 Å². The molecule has 0 aliphatic rings. The average molecular weight is 230 g/mol. The molecule has 0 spiro atoms. The minimum absolute atomic E-state index is 0.0351. The molecule has 0 saturated heterocycles. The van der Waals surface area contributed by atoms with Gasteiger partial charge in [-0.2, -0.15) is 0 Å². The number of phenolic OH excluding ortho intramolecular Hbond substituents is 3. The first kappa shape index (κ1) is 11.3. The molecule has 88 valence electrons. The molecule has 3 nitrogen and oxygen atoms in total. The highest BCUT2D eigenvalue weighted by Gasteiger charge is 2.17. The number of hydrogen-bond acceptors (Lipinski definition) is 3. The largest absolute Gasteiger partial charge is 0.507 e. The molecule has 0 aromatic heterocycles. The van der Waals surface area contributed by atoms with Gasteiger partial charge in [-0.3, -0.25) is 0 Å². The maximum Gasteiger partial charge on any atom is 0.169 e. The highest BCUT2D eigenvalue weighted by molar-refractivity contribution is 5.81. The number of aryl methyl sites for hydroxylation is 2. The van der Waals surface area contributed by atoms with Crippen molar-refractivity contribution in [1.82, 2.24) is 0 Å². The first-order valence-corrected chi connectivity index (χ1v) is 5.33. The van der Waals surface area contributed by atoms with E-state index in [1.807, 2.05) is 25.1 Å². The number of benzene rings is 2. The zero-order valence-electron chi connectivity index (χ0n) is 9.73. The maximum absolute atomic E-state index is 9.93. The molecule has 0 radical (unpaired) electrons. The van der Waals surface area contributed by atoms with Crippen molar-refractivity contribution in [2.45, 2.75) is 13.8 Å². The van der Waals surface area contributed by atoms with Crippen LogP contribution in [0.2, 0.25) is 0 Å². The molecule has 0 fully saturated rings. The first-order chi connectivity index (χ1) is 8.02. The van der Waals surface area contributed by atoms with Crippen LogP contribution in [0.5, 0.6) is 17.2 Å². The summed E-state index contributed by atoms with van der Waals surface area (Å²) >= 11 is 0. The zero-order chi connectivity index (χ0) is 12.6. The van der Waals surface area contributed by atoms with Crippen molar-refractivity contribution in [3.63, 3.8) is 0 Å². The quantitative estimate of drug-likeness (QED) is 0.521. The molecule has 2 rings (SSSR count). The number of rotatable bonds is 1. The maximum atomic E-state index is 9.93. The molecule has 0 aliphatic heterocycles. The van der Waals surface area contributed by atoms with E-state index in [4.69, 9.17) is 0 Å². The molecular formula is C14H14O3. The van der Waals surface area contributed by atoms with Crippen molar-refractivity contribution in [3.05, 3.63) is 41.5 Å². The van der Waals surface area contributed by atoms with Gasteiger partial charge < -0.3 is 15.3 Å². The van der Waals surface area contributed by atoms with E-state index in [0.29, 0.717) is 11.1 Å². The Morgan fingerprint density at radius 3 is 2.12 bits per heavy atom. The summed E-state index contributed by atoms with van der Waals surface area (Å²) in [5, 5.41) is 29.5. The average Bonchev–Trinajstić information content (AvgIpc) is 2.29. The molecule has 17 heavy (non-hydrogen) atoms. The number of hydrogen-bond donors (Lipinski definition) is 3. The van der Waals surface area contributed by atoms with E-state index in [1.165, 1.54) is 6.07 Å². The third-order valence-corrected chi connectivity index (χ3v) is 2.86. The van der Waals surface area contributed by atoms with E-state index in [1.54, 1.807) is 13.0 Å². The third kappa shape index (κ3) is 1.80. The molecule has 0 atom stereocenters. The summed E-state index contributed by atoms with van der Waals surface area (Å²) in [5.74, 6) is -0.509. The van der Waals surface area contributed by atoms with Gasteiger partial charge in [0.15, 0.2) is 11.5 Å². The van der Waals surface area contributed by atoms with Crippen molar-refractivity contribution in [1.29, 1.82) is 0 Å². The number of aromatic hydroxyl groups is 3. The first-order valence-electron chi connectivity index (χ1n) is 5.33. The molecule has 0 bridgehead atoms. The standard InChI is InChI=1S/C14H14O3/c1-8-5-3-4-6-10(8)12-11(15)7-9(2)13(16)14(12)17/h3-7,15-17H,1-2H3. The van der Waals surface area contributed by atoms with E-state index >= 15 is 0 Å². The Morgan fingerprint density at radius 1 is 0.824 bits per heavy atom. The van der Waals surface area contributed by atoms with E-state index in [0.717, 1.165) is 5.56 Å². The highest BCUT2D eigenvalue weighted by atomic mass is 16.3. The molecule has 2 aromatic rings. The lowest BCUT2D eigenvalue weighted by molar-refractivity contribution is 0.396. The van der Waals surface area contributed by atoms with Gasteiger partial charge in [0.25, 0.3) is 0 Å². The van der Waals surface area contributed by atoms with Gasteiger partial charge in [0, 0.05) is 0 Å². The van der Waals surface area contributed by atoms with Crippen LogP contribution in [0, 0.1) is 13.8 Å². The van der Waals surface area contributed by atoms with Crippen LogP contribution in [0.1, 0.15) is 11.1 Å². The fourth-order valence-electron chi connectivity index (χ4n) is 1.89. The van der Waals surface area contributed by atoms with Gasteiger partial charge in [-0.1, -0.05) is 24.3 Å². The minimum atomic E-state index is -0.281. The summed E-state index contributed by atoms with van der Waals surface area (Å²) in [5.41, 5.74) is 2.34. The molecule has 3 heteroatoms. The molecule has 0 aliphatic carbocycles. The normalized spacial score (nSPS) is 10.5. The van der Waals surface area contributed by atoms with Crippen LogP contribution in [-0.4, -0.2) is 15.3 Å². The van der Waals surface area contributed by atoms with Gasteiger partial charge in [-0.15, -0.1) is 0 Å². The van der Waals surface area contributed by atoms with Crippen molar-refractivity contribution in [2.75, 3.05) is 0 Å². The van der Waals surface area contributed by atoms with Crippen molar-refractivity contribution >= 4 is 0 Å². The lowest BCUT2D eigenvalue weighted by atomic mass is 9.97. The summed E-state index contributed by atoms with van der Waals surface area (Å²) < 4.78 is 0. The minimum Gasteiger partial charge on any atom is -0.507 e. The molecular weight excluding hydrogens is 216 g/mol. The van der Waals surface area contributed by atoms with Crippen LogP contribution in [0.4, 0.5) is 0 Å². The second-order valence-electron chi connectivity index (χ2n) is 4.10. The lowest BCUT2D eigenvalue weighted by Gasteiger charge is -2.12. The highest BCUT2D eigenvalue weighted by Crippen LogP contribution is 2.45. The van der Waals surface area contributed by atoms with Gasteiger partial charge in [0.2, 0.25) is 0 Å². The van der Waals surface area contributed by atoms with E-state index in [2.05, 4.69) is 0 Å². The molecule has 0 amide bonds. The van der Waals surface area contributed by atoms with Gasteiger partial charge >= 0.3 is 0 Å². The van der Waals surface area contributed by atoms with Crippen LogP contribution in [-0.2, 0) is 0 Å². The second kappa shape index (κ2) is 4.01.